The van der Waals surface area contributed by atoms with E-state index in [1.807, 2.05) is 6.07 Å². The summed E-state index contributed by atoms with van der Waals surface area (Å²) in [5, 5.41) is 8.06. The van der Waals surface area contributed by atoms with Crippen molar-refractivity contribution in [1.82, 2.24) is 0 Å². The predicted octanol–water partition coefficient (Wildman–Crippen LogP) is 1.97. The van der Waals surface area contributed by atoms with Gasteiger partial charge in [0.15, 0.2) is 15.6 Å². The largest absolute Gasteiger partial charge is 0.296 e. The molecule has 1 heterocycles. The van der Waals surface area contributed by atoms with Crippen LogP contribution < -0.4 is 0 Å². The second-order valence-electron chi connectivity index (χ2n) is 4.87. The molecule has 0 aromatic heterocycles. The van der Waals surface area contributed by atoms with Crippen LogP contribution in [0.4, 0.5) is 4.39 Å². The number of halogens is 1. The first kappa shape index (κ1) is 14.7. The van der Waals surface area contributed by atoms with Crippen molar-refractivity contribution < 1.29 is 17.6 Å². The van der Waals surface area contributed by atoms with Gasteiger partial charge in [0.2, 0.25) is 0 Å². The highest BCUT2D eigenvalue weighted by atomic mass is 32.2. The van der Waals surface area contributed by atoms with Gasteiger partial charge in [-0.2, -0.15) is 5.26 Å². The molecule has 0 radical (unpaired) electrons. The van der Waals surface area contributed by atoms with E-state index in [0.29, 0.717) is 18.4 Å². The van der Waals surface area contributed by atoms with Crippen LogP contribution in [-0.4, -0.2) is 25.2 Å². The van der Waals surface area contributed by atoms with Crippen molar-refractivity contribution in [2.75, 3.05) is 5.75 Å². The van der Waals surface area contributed by atoms with E-state index in [1.54, 1.807) is 0 Å². The first-order chi connectivity index (χ1) is 9.45. The van der Waals surface area contributed by atoms with Gasteiger partial charge in [-0.05, 0) is 30.5 Å². The Kier molecular flexibility index (Phi) is 4.19. The van der Waals surface area contributed by atoms with Crippen LogP contribution >= 0.6 is 0 Å². The molecule has 2 atom stereocenters. The average Bonchev–Trinajstić information content (AvgIpc) is 2.41. The second kappa shape index (κ2) is 5.71. The van der Waals surface area contributed by atoms with Crippen molar-refractivity contribution >= 4 is 15.6 Å². The SMILES string of the molecule is N#CC(C(=O)C1CCCCS1(=O)=O)c1ccc(F)cc1. The molecule has 0 bridgehead atoms. The van der Waals surface area contributed by atoms with Crippen LogP contribution in [0.15, 0.2) is 24.3 Å². The maximum Gasteiger partial charge on any atom is 0.172 e. The summed E-state index contributed by atoms with van der Waals surface area (Å²) in [6.07, 6.45) is 1.48. The van der Waals surface area contributed by atoms with Crippen molar-refractivity contribution in [2.24, 2.45) is 0 Å². The smallest absolute Gasteiger partial charge is 0.172 e. The topological polar surface area (TPSA) is 75.0 Å². The normalized spacial score (nSPS) is 22.7. The van der Waals surface area contributed by atoms with Gasteiger partial charge in [-0.3, -0.25) is 4.79 Å². The number of carbonyl (C=O) groups excluding carboxylic acids is 1. The van der Waals surface area contributed by atoms with Crippen molar-refractivity contribution in [2.45, 2.75) is 30.4 Å². The molecule has 2 rings (SSSR count). The van der Waals surface area contributed by atoms with Gasteiger partial charge in [-0.15, -0.1) is 0 Å². The van der Waals surface area contributed by atoms with Crippen LogP contribution in [0.5, 0.6) is 0 Å². The number of nitrogens with zero attached hydrogens (tertiary/aromatic N) is 1. The highest BCUT2D eigenvalue weighted by Gasteiger charge is 2.38. The molecule has 0 amide bonds. The third-order valence-corrected chi connectivity index (χ3v) is 5.71. The number of sulfone groups is 1. The van der Waals surface area contributed by atoms with Crippen LogP contribution in [0.3, 0.4) is 0 Å². The number of nitriles is 1. The van der Waals surface area contributed by atoms with Crippen molar-refractivity contribution in [3.63, 3.8) is 0 Å². The molecule has 1 aliphatic rings. The van der Waals surface area contributed by atoms with Crippen LogP contribution in [0.1, 0.15) is 30.7 Å². The summed E-state index contributed by atoms with van der Waals surface area (Å²) in [7, 11) is -3.47. The molecule has 1 saturated heterocycles. The fourth-order valence-corrected chi connectivity index (χ4v) is 4.32. The van der Waals surface area contributed by atoms with Gasteiger partial charge in [0.25, 0.3) is 0 Å². The molecule has 0 N–H and O–H groups in total. The zero-order chi connectivity index (χ0) is 14.8. The Morgan fingerprint density at radius 1 is 1.30 bits per heavy atom. The van der Waals surface area contributed by atoms with Gasteiger partial charge in [0, 0.05) is 0 Å². The molecule has 106 valence electrons. The summed E-state index contributed by atoms with van der Waals surface area (Å²) in [6, 6.07) is 6.83. The molecule has 0 saturated carbocycles. The lowest BCUT2D eigenvalue weighted by molar-refractivity contribution is -0.119. The van der Waals surface area contributed by atoms with Gasteiger partial charge in [-0.25, -0.2) is 12.8 Å². The number of Topliss-reactive ketones (excluding diaryl/α,β-unsaturated/α-hetero) is 1. The minimum atomic E-state index is -3.47. The molecule has 1 aliphatic heterocycles. The Hall–Kier alpha value is -1.74. The Balaban J connectivity index is 2.30. The third kappa shape index (κ3) is 2.88. The summed E-state index contributed by atoms with van der Waals surface area (Å²) in [5.41, 5.74) is 0.333. The zero-order valence-corrected chi connectivity index (χ0v) is 11.6. The molecule has 1 aromatic rings. The first-order valence-corrected chi connectivity index (χ1v) is 8.07. The lowest BCUT2D eigenvalue weighted by Crippen LogP contribution is -2.38. The van der Waals surface area contributed by atoms with E-state index in [4.69, 9.17) is 5.26 Å². The molecule has 4 nitrogen and oxygen atoms in total. The highest BCUT2D eigenvalue weighted by molar-refractivity contribution is 7.92. The summed E-state index contributed by atoms with van der Waals surface area (Å²) >= 11 is 0. The molecular formula is C14H14FNO3S. The summed E-state index contributed by atoms with van der Waals surface area (Å²) in [5.74, 6) is -2.24. The van der Waals surface area contributed by atoms with Gasteiger partial charge in [0.1, 0.15) is 17.0 Å². The molecule has 1 fully saturated rings. The Morgan fingerprint density at radius 3 is 2.50 bits per heavy atom. The van der Waals surface area contributed by atoms with Crippen LogP contribution in [0.2, 0.25) is 0 Å². The number of hydrogen-bond acceptors (Lipinski definition) is 4. The molecule has 0 aliphatic carbocycles. The Bertz CT molecular complexity index is 646. The van der Waals surface area contributed by atoms with Crippen molar-refractivity contribution in [3.05, 3.63) is 35.6 Å². The maximum absolute atomic E-state index is 12.9. The third-order valence-electron chi connectivity index (χ3n) is 3.51. The predicted molar refractivity (Wildman–Crippen MR) is 71.2 cm³/mol. The van der Waals surface area contributed by atoms with E-state index >= 15 is 0 Å². The van der Waals surface area contributed by atoms with Gasteiger partial charge in [0.05, 0.1) is 11.8 Å². The maximum atomic E-state index is 12.9. The number of benzene rings is 1. The molecule has 0 spiro atoms. The molecule has 1 aromatic carbocycles. The zero-order valence-electron chi connectivity index (χ0n) is 10.8. The molecular weight excluding hydrogens is 281 g/mol. The van der Waals surface area contributed by atoms with Gasteiger partial charge in [-0.1, -0.05) is 18.6 Å². The number of rotatable bonds is 3. The van der Waals surface area contributed by atoms with Crippen LogP contribution in [0, 0.1) is 17.1 Å². The van der Waals surface area contributed by atoms with E-state index in [0.717, 1.165) is 12.1 Å². The lowest BCUT2D eigenvalue weighted by Gasteiger charge is -2.23. The number of ketones is 1. The molecule has 2 unspecified atom stereocenters. The van der Waals surface area contributed by atoms with E-state index in [1.165, 1.54) is 12.1 Å². The molecule has 6 heteroatoms. The Morgan fingerprint density at radius 2 is 1.95 bits per heavy atom. The Labute approximate surface area is 117 Å². The van der Waals surface area contributed by atoms with Gasteiger partial charge >= 0.3 is 0 Å². The fourth-order valence-electron chi connectivity index (χ4n) is 2.42. The first-order valence-electron chi connectivity index (χ1n) is 6.36. The van der Waals surface area contributed by atoms with E-state index in [9.17, 15) is 17.6 Å². The van der Waals surface area contributed by atoms with Crippen LogP contribution in [-0.2, 0) is 14.6 Å². The summed E-state index contributed by atoms with van der Waals surface area (Å²) in [4.78, 5) is 12.3. The number of carbonyl (C=O) groups is 1. The van der Waals surface area contributed by atoms with Crippen LogP contribution in [0.25, 0.3) is 0 Å². The van der Waals surface area contributed by atoms with Crippen molar-refractivity contribution in [1.29, 1.82) is 5.26 Å². The standard InChI is InChI=1S/C14H14FNO3S/c15-11-6-4-10(5-7-11)12(9-16)14(17)13-3-1-2-8-20(13,18)19/h4-7,12-13H,1-3,8H2. The van der Waals surface area contributed by atoms with E-state index in [2.05, 4.69) is 0 Å². The second-order valence-corrected chi connectivity index (χ2v) is 7.17. The summed E-state index contributed by atoms with van der Waals surface area (Å²) in [6.45, 7) is 0. The lowest BCUT2D eigenvalue weighted by atomic mass is 9.92. The van der Waals surface area contributed by atoms with Gasteiger partial charge < -0.3 is 0 Å². The quantitative estimate of drug-likeness (QED) is 0.854. The minimum Gasteiger partial charge on any atom is -0.296 e. The number of hydrogen-bond donors (Lipinski definition) is 0. The minimum absolute atomic E-state index is 0.00896. The highest BCUT2D eigenvalue weighted by Crippen LogP contribution is 2.27. The summed E-state index contributed by atoms with van der Waals surface area (Å²) < 4.78 is 36.7. The molecule has 20 heavy (non-hydrogen) atoms. The fraction of sp³-hybridized carbons (Fsp3) is 0.429. The average molecular weight is 295 g/mol. The van der Waals surface area contributed by atoms with E-state index < -0.39 is 32.6 Å². The van der Waals surface area contributed by atoms with Crippen molar-refractivity contribution in [3.8, 4) is 6.07 Å². The van der Waals surface area contributed by atoms with E-state index in [-0.39, 0.29) is 12.2 Å². The monoisotopic (exact) mass is 295 g/mol.